The predicted molar refractivity (Wildman–Crippen MR) is 128 cm³/mol. The van der Waals surface area contributed by atoms with Crippen LogP contribution in [-0.2, 0) is 32.1 Å². The van der Waals surface area contributed by atoms with Gasteiger partial charge in [0, 0.05) is 18.4 Å². The third-order valence-electron chi connectivity index (χ3n) is 5.79. The number of rotatable bonds is 8. The lowest BCUT2D eigenvalue weighted by Crippen LogP contribution is -2.56. The molecule has 188 valence electrons. The molecular weight excluding hydrogens is 452 g/mol. The largest absolute Gasteiger partial charge is 0.504 e. The molecule has 0 aromatic heterocycles. The van der Waals surface area contributed by atoms with Gasteiger partial charge < -0.3 is 29.5 Å². The lowest BCUT2D eigenvalue weighted by molar-refractivity contribution is -0.156. The van der Waals surface area contributed by atoms with Crippen LogP contribution in [0, 0.1) is 0 Å². The van der Waals surface area contributed by atoms with Crippen molar-refractivity contribution >= 4 is 17.8 Å². The first-order valence-corrected chi connectivity index (χ1v) is 11.5. The molecule has 0 unspecified atom stereocenters. The molecule has 0 spiro atoms. The lowest BCUT2D eigenvalue weighted by Gasteiger charge is -2.35. The summed E-state index contributed by atoms with van der Waals surface area (Å²) in [5.74, 6) is -1.06. The van der Waals surface area contributed by atoms with Crippen LogP contribution in [0.15, 0.2) is 42.5 Å². The normalized spacial score (nSPS) is 18.5. The average Bonchev–Trinajstić information content (AvgIpc) is 2.84. The number of carbonyl (C=O) groups excluding carboxylic acids is 3. The highest BCUT2D eigenvalue weighted by Crippen LogP contribution is 2.40. The maximum atomic E-state index is 13.7. The topological polar surface area (TPSA) is 114 Å². The van der Waals surface area contributed by atoms with Crippen molar-refractivity contribution in [2.45, 2.75) is 57.8 Å². The number of nitrogens with one attached hydrogen (secondary N) is 1. The van der Waals surface area contributed by atoms with Crippen molar-refractivity contribution in [1.82, 2.24) is 10.2 Å². The van der Waals surface area contributed by atoms with Crippen LogP contribution < -0.4 is 14.8 Å². The Kier molecular flexibility index (Phi) is 8.57. The first-order chi connectivity index (χ1) is 16.7. The molecule has 0 saturated carbocycles. The number of methoxy groups -OCH3 is 2. The van der Waals surface area contributed by atoms with Gasteiger partial charge >= 0.3 is 5.97 Å². The van der Waals surface area contributed by atoms with Crippen LogP contribution >= 0.6 is 0 Å². The van der Waals surface area contributed by atoms with E-state index < -0.39 is 24.0 Å². The van der Waals surface area contributed by atoms with Crippen molar-refractivity contribution in [2.75, 3.05) is 14.2 Å². The van der Waals surface area contributed by atoms with Crippen molar-refractivity contribution in [3.63, 3.8) is 0 Å². The standard InChI is InChI=1S/C26H32N2O7/c1-16(2)35-24-21(33-3)12-10-18(23(24)30)15-28-20(26(32)34-4)11-13-22(29)27-19(25(28)31)14-17-8-6-5-7-9-17/h5-10,12,16,19-20,30H,11,13-15H2,1-4H3,(H,27,29)/t19-,20-/m0/s1. The summed E-state index contributed by atoms with van der Waals surface area (Å²) in [6.07, 6.45) is 0.160. The number of aromatic hydroxyl groups is 1. The summed E-state index contributed by atoms with van der Waals surface area (Å²) in [6.45, 7) is 3.54. The molecule has 2 atom stereocenters. The minimum Gasteiger partial charge on any atom is -0.504 e. The number of phenols is 1. The van der Waals surface area contributed by atoms with Gasteiger partial charge in [-0.3, -0.25) is 9.59 Å². The second kappa shape index (κ2) is 11.6. The minimum atomic E-state index is -0.993. The van der Waals surface area contributed by atoms with E-state index in [0.29, 0.717) is 11.3 Å². The highest BCUT2D eigenvalue weighted by atomic mass is 16.5. The highest BCUT2D eigenvalue weighted by molar-refractivity contribution is 5.92. The van der Waals surface area contributed by atoms with Gasteiger partial charge in [-0.2, -0.15) is 0 Å². The Morgan fingerprint density at radius 3 is 2.49 bits per heavy atom. The van der Waals surface area contributed by atoms with Crippen molar-refractivity contribution in [3.05, 3.63) is 53.6 Å². The second-order valence-corrected chi connectivity index (χ2v) is 8.62. The van der Waals surface area contributed by atoms with Crippen LogP contribution in [0.5, 0.6) is 17.2 Å². The Labute approximate surface area is 205 Å². The number of benzene rings is 2. The van der Waals surface area contributed by atoms with Crippen LogP contribution in [0.2, 0.25) is 0 Å². The van der Waals surface area contributed by atoms with E-state index >= 15 is 0 Å². The van der Waals surface area contributed by atoms with E-state index in [4.69, 9.17) is 14.2 Å². The number of amides is 2. The molecule has 2 amide bonds. The van der Waals surface area contributed by atoms with Gasteiger partial charge in [0.05, 0.1) is 26.9 Å². The summed E-state index contributed by atoms with van der Waals surface area (Å²) in [4.78, 5) is 40.3. The summed E-state index contributed by atoms with van der Waals surface area (Å²) in [5, 5.41) is 13.8. The maximum Gasteiger partial charge on any atom is 0.328 e. The number of carbonyl (C=O) groups is 3. The monoisotopic (exact) mass is 484 g/mol. The molecule has 1 saturated heterocycles. The number of ether oxygens (including phenoxy) is 3. The minimum absolute atomic E-state index is 0.0468. The predicted octanol–water partition coefficient (Wildman–Crippen LogP) is 2.58. The fourth-order valence-electron chi connectivity index (χ4n) is 4.08. The maximum absolute atomic E-state index is 13.7. The zero-order valence-corrected chi connectivity index (χ0v) is 20.4. The van der Waals surface area contributed by atoms with Crippen molar-refractivity contribution in [2.24, 2.45) is 0 Å². The summed E-state index contributed by atoms with van der Waals surface area (Å²) >= 11 is 0. The molecule has 1 fully saturated rings. The molecule has 9 heteroatoms. The van der Waals surface area contributed by atoms with Gasteiger partial charge in [0.1, 0.15) is 12.1 Å². The molecule has 0 aliphatic carbocycles. The van der Waals surface area contributed by atoms with Gasteiger partial charge in [-0.25, -0.2) is 4.79 Å². The molecule has 0 radical (unpaired) electrons. The van der Waals surface area contributed by atoms with E-state index in [1.54, 1.807) is 12.1 Å². The Balaban J connectivity index is 2.01. The van der Waals surface area contributed by atoms with Crippen molar-refractivity contribution in [1.29, 1.82) is 0 Å². The van der Waals surface area contributed by atoms with E-state index in [1.807, 2.05) is 44.2 Å². The zero-order chi connectivity index (χ0) is 25.5. The van der Waals surface area contributed by atoms with Crippen molar-refractivity contribution in [3.8, 4) is 17.2 Å². The first kappa shape index (κ1) is 25.9. The fourth-order valence-corrected chi connectivity index (χ4v) is 4.08. The van der Waals surface area contributed by atoms with Crippen LogP contribution in [-0.4, -0.2) is 60.2 Å². The van der Waals surface area contributed by atoms with Gasteiger partial charge in [0.15, 0.2) is 11.5 Å². The molecule has 35 heavy (non-hydrogen) atoms. The Hall–Kier alpha value is -3.75. The Morgan fingerprint density at radius 1 is 1.14 bits per heavy atom. The van der Waals surface area contributed by atoms with Crippen LogP contribution in [0.1, 0.15) is 37.8 Å². The second-order valence-electron chi connectivity index (χ2n) is 8.62. The SMILES string of the molecule is COC(=O)[C@@H]1CCC(=O)N[C@@H](Cc2ccccc2)C(=O)N1Cc1ccc(OC)c(OC(C)C)c1O. The van der Waals surface area contributed by atoms with E-state index in [2.05, 4.69) is 5.32 Å². The van der Waals surface area contributed by atoms with Crippen LogP contribution in [0.25, 0.3) is 0 Å². The van der Waals surface area contributed by atoms with Gasteiger partial charge in [-0.1, -0.05) is 30.3 Å². The van der Waals surface area contributed by atoms with E-state index in [1.165, 1.54) is 19.1 Å². The van der Waals surface area contributed by atoms with Crippen LogP contribution in [0.4, 0.5) is 0 Å². The molecule has 3 rings (SSSR count). The Morgan fingerprint density at radius 2 is 1.86 bits per heavy atom. The number of phenolic OH excluding ortho intramolecular Hbond substituents is 1. The van der Waals surface area contributed by atoms with E-state index in [-0.39, 0.29) is 49.3 Å². The van der Waals surface area contributed by atoms with E-state index in [0.717, 1.165) is 5.56 Å². The number of hydrogen-bond donors (Lipinski definition) is 2. The van der Waals surface area contributed by atoms with Gasteiger partial charge in [-0.15, -0.1) is 0 Å². The molecule has 1 heterocycles. The quantitative estimate of drug-likeness (QED) is 0.554. The van der Waals surface area contributed by atoms with Gasteiger partial charge in [0.2, 0.25) is 17.6 Å². The summed E-state index contributed by atoms with van der Waals surface area (Å²) in [6, 6.07) is 10.7. The lowest BCUT2D eigenvalue weighted by atomic mass is 9.99. The molecule has 2 N–H and O–H groups in total. The molecule has 9 nitrogen and oxygen atoms in total. The van der Waals surface area contributed by atoms with Gasteiger partial charge in [0.25, 0.3) is 0 Å². The van der Waals surface area contributed by atoms with E-state index in [9.17, 15) is 19.5 Å². The van der Waals surface area contributed by atoms with Crippen molar-refractivity contribution < 1.29 is 33.7 Å². The average molecular weight is 485 g/mol. The summed E-state index contributed by atoms with van der Waals surface area (Å²) < 4.78 is 16.0. The van der Waals surface area contributed by atoms with Gasteiger partial charge in [-0.05, 0) is 38.0 Å². The fraction of sp³-hybridized carbons (Fsp3) is 0.423. The zero-order valence-electron chi connectivity index (χ0n) is 20.4. The number of esters is 1. The number of hydrogen-bond acceptors (Lipinski definition) is 7. The molecule has 0 bridgehead atoms. The molecule has 1 aliphatic rings. The van der Waals surface area contributed by atoms with Crippen LogP contribution in [0.3, 0.4) is 0 Å². The molecule has 2 aromatic rings. The third kappa shape index (κ3) is 6.23. The number of nitrogens with zero attached hydrogens (tertiary/aromatic N) is 1. The molecule has 1 aliphatic heterocycles. The molecular formula is C26H32N2O7. The first-order valence-electron chi connectivity index (χ1n) is 11.5. The molecule has 2 aromatic carbocycles. The highest BCUT2D eigenvalue weighted by Gasteiger charge is 2.38. The smallest absolute Gasteiger partial charge is 0.328 e. The summed E-state index contributed by atoms with van der Waals surface area (Å²) in [5.41, 5.74) is 1.23. The summed E-state index contributed by atoms with van der Waals surface area (Å²) in [7, 11) is 2.71. The Bertz CT molecular complexity index is 1060. The third-order valence-corrected chi connectivity index (χ3v) is 5.79.